The molecule has 0 spiro atoms. The zero-order valence-electron chi connectivity index (χ0n) is 13.6. The van der Waals surface area contributed by atoms with Gasteiger partial charge in [0.05, 0.1) is 0 Å². The van der Waals surface area contributed by atoms with Crippen LogP contribution >= 0.6 is 0 Å². The average molecular weight is 321 g/mol. The third-order valence-electron chi connectivity index (χ3n) is 4.08. The summed E-state index contributed by atoms with van der Waals surface area (Å²) in [7, 11) is 0.985. The van der Waals surface area contributed by atoms with Crippen molar-refractivity contribution >= 4 is 16.8 Å². The van der Waals surface area contributed by atoms with E-state index in [1.807, 2.05) is 37.4 Å². The molecule has 0 aliphatic carbocycles. The van der Waals surface area contributed by atoms with Crippen molar-refractivity contribution in [1.82, 2.24) is 10.2 Å². The molecule has 1 aromatic carbocycles. The van der Waals surface area contributed by atoms with Gasteiger partial charge in [-0.25, -0.2) is 0 Å². The molecular formula is C17H27N3OS. The molecule has 1 atom stereocenters. The lowest BCUT2D eigenvalue weighted by Crippen LogP contribution is -2.46. The average Bonchev–Trinajstić information content (AvgIpc) is 2.54. The summed E-state index contributed by atoms with van der Waals surface area (Å²) in [6.45, 7) is 5.14. The van der Waals surface area contributed by atoms with Crippen LogP contribution in [0.4, 0.5) is 0 Å². The van der Waals surface area contributed by atoms with Gasteiger partial charge in [-0.05, 0) is 24.3 Å². The van der Waals surface area contributed by atoms with E-state index >= 15 is 0 Å². The van der Waals surface area contributed by atoms with Crippen molar-refractivity contribution in [1.29, 1.82) is 0 Å². The molecule has 5 heteroatoms. The Hall–Kier alpha value is -1.36. The quantitative estimate of drug-likeness (QED) is 0.668. The van der Waals surface area contributed by atoms with E-state index in [0.29, 0.717) is 18.1 Å². The maximum atomic E-state index is 12.1. The minimum atomic E-state index is -0.836. The minimum Gasteiger partial charge on any atom is -0.355 e. The van der Waals surface area contributed by atoms with Crippen molar-refractivity contribution in [2.24, 2.45) is 10.9 Å². The van der Waals surface area contributed by atoms with E-state index in [2.05, 4.69) is 22.1 Å². The molecule has 122 valence electrons. The summed E-state index contributed by atoms with van der Waals surface area (Å²) < 4.78 is 12.1. The highest BCUT2D eigenvalue weighted by Crippen LogP contribution is 2.15. The SMILES string of the molecule is CN=C(NCCS(=O)Cc1ccccc1)N1CCC(C)CC1. The molecule has 0 bridgehead atoms. The number of likely N-dealkylation sites (tertiary alicyclic amines) is 1. The van der Waals surface area contributed by atoms with Crippen LogP contribution < -0.4 is 5.32 Å². The number of aliphatic imine (C=N–C) groups is 1. The Bertz CT molecular complexity index is 496. The second kappa shape index (κ2) is 8.93. The van der Waals surface area contributed by atoms with Crippen LogP contribution in [-0.2, 0) is 16.6 Å². The maximum Gasteiger partial charge on any atom is 0.193 e. The van der Waals surface area contributed by atoms with Gasteiger partial charge in [0.25, 0.3) is 0 Å². The third kappa shape index (κ3) is 5.44. The van der Waals surface area contributed by atoms with Crippen LogP contribution in [0.5, 0.6) is 0 Å². The van der Waals surface area contributed by atoms with E-state index < -0.39 is 10.8 Å². The van der Waals surface area contributed by atoms with Crippen LogP contribution in [0.2, 0.25) is 0 Å². The molecule has 1 heterocycles. The molecule has 0 aromatic heterocycles. The largest absolute Gasteiger partial charge is 0.355 e. The van der Waals surface area contributed by atoms with Crippen LogP contribution in [0.1, 0.15) is 25.3 Å². The molecule has 1 unspecified atom stereocenters. The Morgan fingerprint density at radius 2 is 2.00 bits per heavy atom. The van der Waals surface area contributed by atoms with E-state index in [-0.39, 0.29) is 0 Å². The lowest BCUT2D eigenvalue weighted by atomic mass is 10.00. The Labute approximate surface area is 136 Å². The van der Waals surface area contributed by atoms with Gasteiger partial charge in [0.15, 0.2) is 5.96 Å². The number of hydrogen-bond donors (Lipinski definition) is 1. The number of nitrogens with one attached hydrogen (secondary N) is 1. The van der Waals surface area contributed by atoms with Crippen molar-refractivity contribution in [2.45, 2.75) is 25.5 Å². The highest BCUT2D eigenvalue weighted by atomic mass is 32.2. The lowest BCUT2D eigenvalue weighted by molar-refractivity contribution is 0.274. The molecule has 1 aromatic rings. The predicted molar refractivity (Wildman–Crippen MR) is 94.5 cm³/mol. The van der Waals surface area contributed by atoms with Crippen LogP contribution in [-0.4, -0.2) is 47.5 Å². The molecule has 22 heavy (non-hydrogen) atoms. The summed E-state index contributed by atoms with van der Waals surface area (Å²) in [6, 6.07) is 10.0. The van der Waals surface area contributed by atoms with E-state index in [1.165, 1.54) is 12.8 Å². The van der Waals surface area contributed by atoms with Gasteiger partial charge in [-0.2, -0.15) is 0 Å². The molecule has 1 fully saturated rings. The fourth-order valence-corrected chi connectivity index (χ4v) is 3.70. The molecular weight excluding hydrogens is 294 g/mol. The number of guanidine groups is 1. The van der Waals surface area contributed by atoms with Gasteiger partial charge in [0.1, 0.15) is 0 Å². The molecule has 0 amide bonds. The van der Waals surface area contributed by atoms with Crippen molar-refractivity contribution < 1.29 is 4.21 Å². The monoisotopic (exact) mass is 321 g/mol. The van der Waals surface area contributed by atoms with Crippen molar-refractivity contribution in [3.05, 3.63) is 35.9 Å². The van der Waals surface area contributed by atoms with E-state index in [1.54, 1.807) is 0 Å². The van der Waals surface area contributed by atoms with Gasteiger partial charge in [-0.3, -0.25) is 9.20 Å². The van der Waals surface area contributed by atoms with Gasteiger partial charge in [0, 0.05) is 49.0 Å². The zero-order valence-corrected chi connectivity index (χ0v) is 14.4. The summed E-state index contributed by atoms with van der Waals surface area (Å²) in [5.41, 5.74) is 1.13. The van der Waals surface area contributed by atoms with Gasteiger partial charge >= 0.3 is 0 Å². The first-order valence-electron chi connectivity index (χ1n) is 8.03. The Morgan fingerprint density at radius 3 is 2.64 bits per heavy atom. The van der Waals surface area contributed by atoms with Gasteiger partial charge in [-0.1, -0.05) is 37.3 Å². The van der Waals surface area contributed by atoms with Crippen LogP contribution in [0.25, 0.3) is 0 Å². The normalized spacial score (nSPS) is 18.3. The number of nitrogens with zero attached hydrogens (tertiary/aromatic N) is 2. The van der Waals surface area contributed by atoms with Crippen LogP contribution in [0, 0.1) is 5.92 Å². The summed E-state index contributed by atoms with van der Waals surface area (Å²) in [6.07, 6.45) is 2.45. The summed E-state index contributed by atoms with van der Waals surface area (Å²) in [4.78, 5) is 6.66. The van der Waals surface area contributed by atoms with Crippen molar-refractivity contribution in [2.75, 3.05) is 32.4 Å². The van der Waals surface area contributed by atoms with Gasteiger partial charge < -0.3 is 10.2 Å². The van der Waals surface area contributed by atoms with Crippen molar-refractivity contribution in [3.8, 4) is 0 Å². The number of rotatable bonds is 5. The molecule has 0 saturated carbocycles. The van der Waals surface area contributed by atoms with E-state index in [0.717, 1.165) is 30.5 Å². The number of piperidine rings is 1. The Kier molecular flexibility index (Phi) is 6.90. The minimum absolute atomic E-state index is 0.627. The fraction of sp³-hybridized carbons (Fsp3) is 0.588. The molecule has 4 nitrogen and oxygen atoms in total. The highest BCUT2D eigenvalue weighted by Gasteiger charge is 2.18. The maximum absolute atomic E-state index is 12.1. The fourth-order valence-electron chi connectivity index (χ4n) is 2.66. The molecule has 1 N–H and O–H groups in total. The molecule has 1 saturated heterocycles. The Morgan fingerprint density at radius 1 is 1.32 bits per heavy atom. The van der Waals surface area contributed by atoms with Crippen LogP contribution in [0.3, 0.4) is 0 Å². The highest BCUT2D eigenvalue weighted by molar-refractivity contribution is 7.84. The second-order valence-corrected chi connectivity index (χ2v) is 7.49. The first-order valence-corrected chi connectivity index (χ1v) is 9.52. The molecule has 0 radical (unpaired) electrons. The molecule has 2 rings (SSSR count). The summed E-state index contributed by atoms with van der Waals surface area (Å²) in [5.74, 6) is 3.04. The van der Waals surface area contributed by atoms with Crippen LogP contribution in [0.15, 0.2) is 35.3 Å². The second-order valence-electron chi connectivity index (χ2n) is 5.92. The number of hydrogen-bond acceptors (Lipinski definition) is 2. The zero-order chi connectivity index (χ0) is 15.8. The topological polar surface area (TPSA) is 44.7 Å². The van der Waals surface area contributed by atoms with E-state index in [9.17, 15) is 4.21 Å². The lowest BCUT2D eigenvalue weighted by Gasteiger charge is -2.32. The standard InChI is InChI=1S/C17H27N3OS/c1-15-8-11-20(12-9-15)17(18-2)19-10-13-22(21)14-16-6-4-3-5-7-16/h3-7,15H,8-14H2,1-2H3,(H,18,19). The van der Waals surface area contributed by atoms with Gasteiger partial charge in [-0.15, -0.1) is 0 Å². The summed E-state index contributed by atoms with van der Waals surface area (Å²) >= 11 is 0. The van der Waals surface area contributed by atoms with Crippen molar-refractivity contribution in [3.63, 3.8) is 0 Å². The number of benzene rings is 1. The smallest absolute Gasteiger partial charge is 0.193 e. The summed E-state index contributed by atoms with van der Waals surface area (Å²) in [5, 5.41) is 3.35. The van der Waals surface area contributed by atoms with E-state index in [4.69, 9.17) is 0 Å². The Balaban J connectivity index is 1.71. The third-order valence-corrected chi connectivity index (χ3v) is 5.39. The predicted octanol–water partition coefficient (Wildman–Crippen LogP) is 2.24. The molecule has 1 aliphatic heterocycles. The molecule has 1 aliphatic rings. The van der Waals surface area contributed by atoms with Gasteiger partial charge in [0.2, 0.25) is 0 Å². The first-order chi connectivity index (χ1) is 10.7. The first kappa shape index (κ1) is 17.0.